The number of rotatable bonds is 4. The van der Waals surface area contributed by atoms with Crippen LogP contribution in [0.15, 0.2) is 36.4 Å². The Morgan fingerprint density at radius 1 is 1.15 bits per heavy atom. The van der Waals surface area contributed by atoms with E-state index in [0.717, 1.165) is 0 Å². The molecule has 1 aromatic rings. The molecule has 0 aromatic heterocycles. The van der Waals surface area contributed by atoms with Crippen LogP contribution in [0.2, 0.25) is 0 Å². The van der Waals surface area contributed by atoms with E-state index >= 15 is 0 Å². The Morgan fingerprint density at radius 2 is 1.65 bits per heavy atom. The lowest BCUT2D eigenvalue weighted by Gasteiger charge is -2.10. The predicted octanol–water partition coefficient (Wildman–Crippen LogP) is 1.44. The fraction of sp³-hybridized carbons (Fsp3) is 0.214. The maximum Gasteiger partial charge on any atom is 0.346 e. The minimum Gasteiger partial charge on any atom is -0.433 e. The normalized spacial score (nSPS) is 11.3. The Labute approximate surface area is 115 Å². The molecule has 0 amide bonds. The topological polar surface area (TPSA) is 89.9 Å². The first-order valence-corrected chi connectivity index (χ1v) is 5.73. The summed E-state index contributed by atoms with van der Waals surface area (Å²) in [6.07, 6.45) is -1.32. The van der Waals surface area contributed by atoms with Crippen molar-refractivity contribution in [3.63, 3.8) is 0 Å². The molecule has 0 fully saturated rings. The van der Waals surface area contributed by atoms with Gasteiger partial charge in [0.1, 0.15) is 0 Å². The van der Waals surface area contributed by atoms with Crippen molar-refractivity contribution in [1.29, 1.82) is 0 Å². The van der Waals surface area contributed by atoms with E-state index in [1.54, 1.807) is 0 Å². The maximum absolute atomic E-state index is 11.8. The number of hydrogen-bond acceptors (Lipinski definition) is 6. The Kier molecular flexibility index (Phi) is 5.16. The van der Waals surface area contributed by atoms with Gasteiger partial charge in [0.2, 0.25) is 0 Å². The summed E-state index contributed by atoms with van der Waals surface area (Å²) in [6, 6.07) is 5.65. The van der Waals surface area contributed by atoms with Crippen molar-refractivity contribution in [2.45, 2.75) is 20.1 Å². The Bertz CT molecular complexity index is 559. The van der Waals surface area contributed by atoms with E-state index in [9.17, 15) is 14.4 Å². The standard InChI is InChI=1S/C14H14O6/c1-8(2)12(16)20-14(18)11-7-5-4-6-10(11)13(17)19-9(3)15/h4-7,9,15H,1H2,2-3H3. The fourth-order valence-corrected chi connectivity index (χ4v) is 1.28. The zero-order chi connectivity index (χ0) is 15.3. The van der Waals surface area contributed by atoms with Crippen LogP contribution in [0, 0.1) is 0 Å². The molecule has 0 aliphatic heterocycles. The largest absolute Gasteiger partial charge is 0.433 e. The number of ether oxygens (including phenoxy) is 2. The molecule has 0 bridgehead atoms. The summed E-state index contributed by atoms with van der Waals surface area (Å²) in [4.78, 5) is 34.8. The van der Waals surface area contributed by atoms with Crippen LogP contribution in [-0.4, -0.2) is 29.3 Å². The zero-order valence-electron chi connectivity index (χ0n) is 11.1. The van der Waals surface area contributed by atoms with Gasteiger partial charge in [-0.25, -0.2) is 14.4 Å². The molecule has 0 heterocycles. The van der Waals surface area contributed by atoms with Crippen molar-refractivity contribution in [3.05, 3.63) is 47.5 Å². The summed E-state index contributed by atoms with van der Waals surface area (Å²) in [5.74, 6) is -2.76. The quantitative estimate of drug-likeness (QED) is 0.388. The van der Waals surface area contributed by atoms with Crippen molar-refractivity contribution in [2.24, 2.45) is 0 Å². The molecule has 0 saturated carbocycles. The van der Waals surface area contributed by atoms with Gasteiger partial charge in [0, 0.05) is 5.57 Å². The summed E-state index contributed by atoms with van der Waals surface area (Å²) in [7, 11) is 0. The molecule has 106 valence electrons. The number of aliphatic hydroxyl groups excluding tert-OH is 1. The van der Waals surface area contributed by atoms with Crippen molar-refractivity contribution >= 4 is 17.9 Å². The highest BCUT2D eigenvalue weighted by atomic mass is 16.6. The van der Waals surface area contributed by atoms with Crippen LogP contribution in [0.5, 0.6) is 0 Å². The molecule has 1 atom stereocenters. The summed E-state index contributed by atoms with van der Waals surface area (Å²) in [5, 5.41) is 9.01. The van der Waals surface area contributed by atoms with Gasteiger partial charge in [-0.2, -0.15) is 0 Å². The molecule has 1 unspecified atom stereocenters. The van der Waals surface area contributed by atoms with Gasteiger partial charge in [-0.05, 0) is 26.0 Å². The Hall–Kier alpha value is -2.47. The molecule has 6 heteroatoms. The molecule has 1 aromatic carbocycles. The van der Waals surface area contributed by atoms with E-state index in [4.69, 9.17) is 5.11 Å². The Morgan fingerprint density at radius 3 is 2.10 bits per heavy atom. The first kappa shape index (κ1) is 15.6. The van der Waals surface area contributed by atoms with Gasteiger partial charge >= 0.3 is 17.9 Å². The van der Waals surface area contributed by atoms with E-state index in [1.165, 1.54) is 38.1 Å². The average Bonchev–Trinajstić information content (AvgIpc) is 2.37. The third kappa shape index (κ3) is 4.03. The number of esters is 3. The second-order valence-corrected chi connectivity index (χ2v) is 4.01. The fourth-order valence-electron chi connectivity index (χ4n) is 1.28. The van der Waals surface area contributed by atoms with Gasteiger partial charge in [0.25, 0.3) is 0 Å². The summed E-state index contributed by atoms with van der Waals surface area (Å²) in [5.41, 5.74) is -0.178. The first-order chi connectivity index (χ1) is 9.32. The molecule has 20 heavy (non-hydrogen) atoms. The van der Waals surface area contributed by atoms with Gasteiger partial charge in [-0.1, -0.05) is 18.7 Å². The first-order valence-electron chi connectivity index (χ1n) is 5.73. The molecular formula is C14H14O6. The van der Waals surface area contributed by atoms with Crippen LogP contribution in [0.25, 0.3) is 0 Å². The summed E-state index contributed by atoms with van der Waals surface area (Å²) in [6.45, 7) is 5.99. The second kappa shape index (κ2) is 6.63. The SMILES string of the molecule is C=C(C)C(=O)OC(=O)c1ccccc1C(=O)OC(C)O. The van der Waals surface area contributed by atoms with Crippen molar-refractivity contribution in [2.75, 3.05) is 0 Å². The third-order valence-electron chi connectivity index (χ3n) is 2.18. The monoisotopic (exact) mass is 278 g/mol. The van der Waals surface area contributed by atoms with Crippen molar-refractivity contribution < 1.29 is 29.0 Å². The van der Waals surface area contributed by atoms with E-state index in [-0.39, 0.29) is 16.7 Å². The highest BCUT2D eigenvalue weighted by molar-refractivity contribution is 6.07. The van der Waals surface area contributed by atoms with Gasteiger partial charge in [0.05, 0.1) is 11.1 Å². The van der Waals surface area contributed by atoms with Crippen molar-refractivity contribution in [1.82, 2.24) is 0 Å². The smallest absolute Gasteiger partial charge is 0.346 e. The highest BCUT2D eigenvalue weighted by Gasteiger charge is 2.22. The average molecular weight is 278 g/mol. The van der Waals surface area contributed by atoms with Crippen LogP contribution in [0.3, 0.4) is 0 Å². The van der Waals surface area contributed by atoms with Gasteiger partial charge in [-0.3, -0.25) is 0 Å². The van der Waals surface area contributed by atoms with Crippen LogP contribution < -0.4 is 0 Å². The van der Waals surface area contributed by atoms with Crippen LogP contribution in [0.4, 0.5) is 0 Å². The molecule has 0 aliphatic rings. The molecule has 6 nitrogen and oxygen atoms in total. The molecule has 1 rings (SSSR count). The molecule has 1 N–H and O–H groups in total. The minimum atomic E-state index is -1.32. The van der Waals surface area contributed by atoms with Crippen LogP contribution in [-0.2, 0) is 14.3 Å². The number of carbonyl (C=O) groups excluding carboxylic acids is 3. The molecule has 0 saturated heterocycles. The van der Waals surface area contributed by atoms with Gasteiger partial charge < -0.3 is 14.6 Å². The van der Waals surface area contributed by atoms with Crippen molar-refractivity contribution in [3.8, 4) is 0 Å². The molecule has 0 spiro atoms. The van der Waals surface area contributed by atoms with E-state index in [0.29, 0.717) is 0 Å². The van der Waals surface area contributed by atoms with E-state index in [1.807, 2.05) is 0 Å². The minimum absolute atomic E-state index is 0.0578. The van der Waals surface area contributed by atoms with Crippen LogP contribution >= 0.6 is 0 Å². The van der Waals surface area contributed by atoms with Crippen LogP contribution in [0.1, 0.15) is 34.6 Å². The summed E-state index contributed by atoms with van der Waals surface area (Å²) < 4.78 is 9.13. The van der Waals surface area contributed by atoms with E-state index < -0.39 is 24.2 Å². The Balaban J connectivity index is 3.01. The molecule has 0 aliphatic carbocycles. The van der Waals surface area contributed by atoms with Gasteiger partial charge in [-0.15, -0.1) is 0 Å². The molecular weight excluding hydrogens is 264 g/mol. The maximum atomic E-state index is 11.8. The van der Waals surface area contributed by atoms with E-state index in [2.05, 4.69) is 16.1 Å². The van der Waals surface area contributed by atoms with Gasteiger partial charge in [0.15, 0.2) is 6.29 Å². The predicted molar refractivity (Wildman–Crippen MR) is 68.8 cm³/mol. The zero-order valence-corrected chi connectivity index (χ0v) is 11.1. The summed E-state index contributed by atoms with van der Waals surface area (Å²) >= 11 is 0. The lowest BCUT2D eigenvalue weighted by molar-refractivity contribution is -0.133. The second-order valence-electron chi connectivity index (χ2n) is 4.01. The number of aliphatic hydroxyl groups is 1. The lowest BCUT2D eigenvalue weighted by Crippen LogP contribution is -2.19. The highest BCUT2D eigenvalue weighted by Crippen LogP contribution is 2.13. The number of carbonyl (C=O) groups is 3. The third-order valence-corrected chi connectivity index (χ3v) is 2.18. The number of benzene rings is 1. The lowest BCUT2D eigenvalue weighted by atomic mass is 10.1. The molecule has 0 radical (unpaired) electrons. The number of hydrogen-bond donors (Lipinski definition) is 1.